The molecule has 1 heterocycles. The molecule has 0 spiro atoms. The second-order valence-corrected chi connectivity index (χ2v) is 5.80. The van der Waals surface area contributed by atoms with Crippen molar-refractivity contribution in [3.63, 3.8) is 0 Å². The zero-order valence-electron chi connectivity index (χ0n) is 10.4. The maximum atomic E-state index is 13.3. The van der Waals surface area contributed by atoms with Gasteiger partial charge < -0.3 is 10.6 Å². The summed E-state index contributed by atoms with van der Waals surface area (Å²) in [6, 6.07) is 4.25. The van der Waals surface area contributed by atoms with E-state index in [1.807, 2.05) is 11.8 Å². The van der Waals surface area contributed by atoms with E-state index in [0.29, 0.717) is 10.8 Å². The highest BCUT2D eigenvalue weighted by atomic mass is 32.2. The van der Waals surface area contributed by atoms with Crippen LogP contribution in [0.3, 0.4) is 0 Å². The maximum absolute atomic E-state index is 13.3. The first-order valence-corrected chi connectivity index (χ1v) is 7.12. The molecule has 1 unspecified atom stereocenters. The lowest BCUT2D eigenvalue weighted by Gasteiger charge is -2.32. The maximum Gasteiger partial charge on any atom is 0.254 e. The monoisotopic (exact) mass is 268 g/mol. The molecule has 1 aliphatic rings. The summed E-state index contributed by atoms with van der Waals surface area (Å²) < 4.78 is 13.3. The molecular formula is C13H17FN2OS. The van der Waals surface area contributed by atoms with Crippen LogP contribution >= 0.6 is 11.8 Å². The van der Waals surface area contributed by atoms with Gasteiger partial charge in [-0.2, -0.15) is 11.8 Å². The molecule has 1 saturated heterocycles. The third-order valence-corrected chi connectivity index (χ3v) is 4.50. The van der Waals surface area contributed by atoms with Crippen LogP contribution in [0.1, 0.15) is 23.7 Å². The summed E-state index contributed by atoms with van der Waals surface area (Å²) in [6.45, 7) is 3.59. The normalized spacial score (nSPS) is 19.9. The van der Waals surface area contributed by atoms with E-state index in [1.54, 1.807) is 11.0 Å². The second kappa shape index (κ2) is 5.61. The van der Waals surface area contributed by atoms with Gasteiger partial charge in [0.25, 0.3) is 5.91 Å². The Bertz CT molecular complexity index is 453. The van der Waals surface area contributed by atoms with Gasteiger partial charge in [0.2, 0.25) is 0 Å². The molecule has 3 nitrogen and oxygen atoms in total. The number of rotatable bonds is 2. The summed E-state index contributed by atoms with van der Waals surface area (Å²) in [5.41, 5.74) is 5.86. The highest BCUT2D eigenvalue weighted by Crippen LogP contribution is 2.23. The number of benzene rings is 1. The molecule has 5 heteroatoms. The fourth-order valence-electron chi connectivity index (χ4n) is 1.99. The van der Waals surface area contributed by atoms with Crippen LogP contribution in [0.5, 0.6) is 0 Å². The molecule has 1 aliphatic heterocycles. The van der Waals surface area contributed by atoms with Gasteiger partial charge in [0, 0.05) is 29.7 Å². The van der Waals surface area contributed by atoms with Crippen LogP contribution in [0.15, 0.2) is 18.2 Å². The Morgan fingerprint density at radius 1 is 1.61 bits per heavy atom. The number of nitrogens with two attached hydrogens (primary N) is 1. The van der Waals surface area contributed by atoms with Gasteiger partial charge in [0.15, 0.2) is 0 Å². The van der Waals surface area contributed by atoms with E-state index in [4.69, 9.17) is 5.73 Å². The first-order valence-electron chi connectivity index (χ1n) is 6.07. The van der Waals surface area contributed by atoms with Crippen LogP contribution in [0, 0.1) is 5.82 Å². The van der Waals surface area contributed by atoms with Crippen LogP contribution in [0.25, 0.3) is 0 Å². The zero-order chi connectivity index (χ0) is 13.1. The van der Waals surface area contributed by atoms with Crippen molar-refractivity contribution in [1.29, 1.82) is 0 Å². The molecule has 2 N–H and O–H groups in total. The first kappa shape index (κ1) is 13.2. The molecule has 0 aliphatic carbocycles. The summed E-state index contributed by atoms with van der Waals surface area (Å²) >= 11 is 1.90. The van der Waals surface area contributed by atoms with E-state index < -0.39 is 5.82 Å². The number of hydrogen-bond donors (Lipinski definition) is 1. The molecular weight excluding hydrogens is 251 g/mol. The van der Waals surface area contributed by atoms with E-state index in [2.05, 4.69) is 6.92 Å². The van der Waals surface area contributed by atoms with E-state index in [1.165, 1.54) is 12.1 Å². The Morgan fingerprint density at radius 2 is 2.39 bits per heavy atom. The van der Waals surface area contributed by atoms with Gasteiger partial charge in [-0.3, -0.25) is 4.79 Å². The Balaban J connectivity index is 2.12. The molecule has 18 heavy (non-hydrogen) atoms. The third kappa shape index (κ3) is 2.77. The lowest BCUT2D eigenvalue weighted by atomic mass is 10.1. The fraction of sp³-hybridized carbons (Fsp3) is 0.462. The number of halogens is 1. The van der Waals surface area contributed by atoms with Crippen molar-refractivity contribution in [2.24, 2.45) is 0 Å². The molecule has 1 atom stereocenters. The molecule has 0 saturated carbocycles. The number of carbonyl (C=O) groups is 1. The first-order chi connectivity index (χ1) is 8.61. The molecule has 1 aromatic carbocycles. The van der Waals surface area contributed by atoms with Crippen LogP contribution in [-0.4, -0.2) is 34.9 Å². The van der Waals surface area contributed by atoms with Crippen LogP contribution < -0.4 is 5.73 Å². The van der Waals surface area contributed by atoms with E-state index >= 15 is 0 Å². The number of thioether (sulfide) groups is 1. The van der Waals surface area contributed by atoms with Crippen molar-refractivity contribution < 1.29 is 9.18 Å². The topological polar surface area (TPSA) is 46.3 Å². The molecule has 98 valence electrons. The summed E-state index contributed by atoms with van der Waals surface area (Å²) in [5, 5.41) is 0.487. The summed E-state index contributed by atoms with van der Waals surface area (Å²) in [5.74, 6) is 0.314. The van der Waals surface area contributed by atoms with Crippen molar-refractivity contribution in [1.82, 2.24) is 4.90 Å². The molecule has 2 rings (SSSR count). The lowest BCUT2D eigenvalue weighted by molar-refractivity contribution is 0.0760. The quantitative estimate of drug-likeness (QED) is 0.838. The van der Waals surface area contributed by atoms with Crippen LogP contribution in [0.4, 0.5) is 10.1 Å². The lowest BCUT2D eigenvalue weighted by Crippen LogP contribution is -2.41. The largest absolute Gasteiger partial charge is 0.396 e. The van der Waals surface area contributed by atoms with Gasteiger partial charge >= 0.3 is 0 Å². The molecule has 0 aromatic heterocycles. The number of anilines is 1. The van der Waals surface area contributed by atoms with Gasteiger partial charge in [-0.1, -0.05) is 6.92 Å². The molecule has 1 amide bonds. The standard InChI is InChI=1S/C13H17FN2OS/c1-2-10-8-16(5-6-18-10)13(17)9-3-4-12(15)11(14)7-9/h3-4,7,10H,2,5-6,8,15H2,1H3. The predicted molar refractivity (Wildman–Crippen MR) is 73.3 cm³/mol. The van der Waals surface area contributed by atoms with Crippen molar-refractivity contribution in [2.45, 2.75) is 18.6 Å². The van der Waals surface area contributed by atoms with Crippen LogP contribution in [0.2, 0.25) is 0 Å². The van der Waals surface area contributed by atoms with E-state index in [-0.39, 0.29) is 11.6 Å². The van der Waals surface area contributed by atoms with E-state index in [9.17, 15) is 9.18 Å². The highest BCUT2D eigenvalue weighted by Gasteiger charge is 2.24. The average Bonchev–Trinajstić information content (AvgIpc) is 2.41. The molecule has 0 radical (unpaired) electrons. The van der Waals surface area contributed by atoms with Gasteiger partial charge in [-0.15, -0.1) is 0 Å². The van der Waals surface area contributed by atoms with Crippen LogP contribution in [-0.2, 0) is 0 Å². The predicted octanol–water partition coefficient (Wildman–Crippen LogP) is 2.38. The number of carbonyl (C=O) groups excluding carboxylic acids is 1. The molecule has 0 bridgehead atoms. The Morgan fingerprint density at radius 3 is 3.06 bits per heavy atom. The van der Waals surface area contributed by atoms with Crippen molar-refractivity contribution in [2.75, 3.05) is 24.6 Å². The van der Waals surface area contributed by atoms with Crippen molar-refractivity contribution >= 4 is 23.4 Å². The average molecular weight is 268 g/mol. The highest BCUT2D eigenvalue weighted by molar-refractivity contribution is 8.00. The minimum atomic E-state index is -0.528. The minimum Gasteiger partial charge on any atom is -0.396 e. The number of hydrogen-bond acceptors (Lipinski definition) is 3. The number of amides is 1. The third-order valence-electron chi connectivity index (χ3n) is 3.13. The van der Waals surface area contributed by atoms with Gasteiger partial charge in [0.1, 0.15) is 5.82 Å². The smallest absolute Gasteiger partial charge is 0.254 e. The van der Waals surface area contributed by atoms with E-state index in [0.717, 1.165) is 25.3 Å². The molecule has 1 fully saturated rings. The van der Waals surface area contributed by atoms with Crippen molar-refractivity contribution in [3.8, 4) is 0 Å². The summed E-state index contributed by atoms with van der Waals surface area (Å²) in [6.07, 6.45) is 1.05. The zero-order valence-corrected chi connectivity index (χ0v) is 11.2. The van der Waals surface area contributed by atoms with Gasteiger partial charge in [-0.25, -0.2) is 4.39 Å². The van der Waals surface area contributed by atoms with Gasteiger partial charge in [-0.05, 0) is 24.6 Å². The summed E-state index contributed by atoms with van der Waals surface area (Å²) in [7, 11) is 0. The second-order valence-electron chi connectivity index (χ2n) is 4.39. The molecule has 1 aromatic rings. The fourth-order valence-corrected chi connectivity index (χ4v) is 3.17. The van der Waals surface area contributed by atoms with Gasteiger partial charge in [0.05, 0.1) is 5.69 Å². The minimum absolute atomic E-state index is 0.0761. The number of nitrogen functional groups attached to an aromatic ring is 1. The number of nitrogens with zero attached hydrogens (tertiary/aromatic N) is 1. The Labute approximate surface area is 111 Å². The Hall–Kier alpha value is -1.23. The Kier molecular flexibility index (Phi) is 4.11. The SMILES string of the molecule is CCC1CN(C(=O)c2ccc(N)c(F)c2)CCS1. The summed E-state index contributed by atoms with van der Waals surface area (Å²) in [4.78, 5) is 14.0. The van der Waals surface area contributed by atoms with Crippen molar-refractivity contribution in [3.05, 3.63) is 29.6 Å².